The Hall–Kier alpha value is -1.98. The summed E-state index contributed by atoms with van der Waals surface area (Å²) in [6.45, 7) is 4.37. The molecule has 1 aromatic heterocycles. The van der Waals surface area contributed by atoms with E-state index >= 15 is 0 Å². The molecule has 0 radical (unpaired) electrons. The van der Waals surface area contributed by atoms with E-state index in [1.807, 2.05) is 6.92 Å². The Morgan fingerprint density at radius 2 is 2.17 bits per heavy atom. The first kappa shape index (κ1) is 14.1. The largest absolute Gasteiger partial charge is 0.397 e. The maximum atomic E-state index is 12.0. The third-order valence-corrected chi connectivity index (χ3v) is 2.60. The first-order chi connectivity index (χ1) is 8.49. The van der Waals surface area contributed by atoms with E-state index in [0.717, 1.165) is 6.42 Å². The van der Waals surface area contributed by atoms with Gasteiger partial charge in [0.15, 0.2) is 0 Å². The molecule has 0 fully saturated rings. The summed E-state index contributed by atoms with van der Waals surface area (Å²) in [6.07, 6.45) is 2.63. The van der Waals surface area contributed by atoms with Crippen LogP contribution in [0, 0.1) is 0 Å². The summed E-state index contributed by atoms with van der Waals surface area (Å²) in [5.74, 6) is -0.527. The van der Waals surface area contributed by atoms with Gasteiger partial charge in [0.25, 0.3) is 5.91 Å². The molecule has 1 aromatic rings. The van der Waals surface area contributed by atoms with Gasteiger partial charge < -0.3 is 20.9 Å². The number of nitrogens with zero attached hydrogens (tertiary/aromatic N) is 1. The SMILES string of the molecule is CCCn1cc(N)cc1C(=O)NC(C)C(=O)NC. The number of rotatable bonds is 5. The van der Waals surface area contributed by atoms with Gasteiger partial charge >= 0.3 is 0 Å². The minimum absolute atomic E-state index is 0.232. The van der Waals surface area contributed by atoms with Crippen LogP contribution in [-0.2, 0) is 11.3 Å². The first-order valence-corrected chi connectivity index (χ1v) is 5.97. The molecule has 100 valence electrons. The number of nitrogens with one attached hydrogen (secondary N) is 2. The van der Waals surface area contributed by atoms with Crippen molar-refractivity contribution in [1.82, 2.24) is 15.2 Å². The van der Waals surface area contributed by atoms with Gasteiger partial charge in [-0.1, -0.05) is 6.92 Å². The second-order valence-electron chi connectivity index (χ2n) is 4.16. The molecule has 6 nitrogen and oxygen atoms in total. The molecule has 0 aliphatic rings. The van der Waals surface area contributed by atoms with Crippen LogP contribution in [0.1, 0.15) is 30.8 Å². The minimum Gasteiger partial charge on any atom is -0.397 e. The number of anilines is 1. The average molecular weight is 252 g/mol. The smallest absolute Gasteiger partial charge is 0.268 e. The zero-order chi connectivity index (χ0) is 13.7. The highest BCUT2D eigenvalue weighted by Crippen LogP contribution is 2.11. The van der Waals surface area contributed by atoms with E-state index in [0.29, 0.717) is 17.9 Å². The van der Waals surface area contributed by atoms with Crippen molar-refractivity contribution in [2.75, 3.05) is 12.8 Å². The molecule has 1 rings (SSSR count). The predicted octanol–water partition coefficient (Wildman–Crippen LogP) is 0.345. The average Bonchev–Trinajstić information content (AvgIpc) is 2.69. The molecule has 4 N–H and O–H groups in total. The third kappa shape index (κ3) is 3.26. The summed E-state index contributed by atoms with van der Waals surface area (Å²) in [7, 11) is 1.53. The molecule has 0 aromatic carbocycles. The molecule has 0 spiro atoms. The van der Waals surface area contributed by atoms with Crippen LogP contribution in [0.5, 0.6) is 0 Å². The van der Waals surface area contributed by atoms with E-state index in [2.05, 4.69) is 10.6 Å². The summed E-state index contributed by atoms with van der Waals surface area (Å²) in [6, 6.07) is 1.04. The zero-order valence-electron chi connectivity index (χ0n) is 11.0. The van der Waals surface area contributed by atoms with E-state index in [-0.39, 0.29) is 11.8 Å². The van der Waals surface area contributed by atoms with Crippen LogP contribution in [0.3, 0.4) is 0 Å². The highest BCUT2D eigenvalue weighted by molar-refractivity contribution is 5.97. The van der Waals surface area contributed by atoms with Crippen LogP contribution >= 0.6 is 0 Å². The summed E-state index contributed by atoms with van der Waals surface area (Å²) < 4.78 is 1.79. The number of likely N-dealkylation sites (N-methyl/N-ethyl adjacent to an activating group) is 1. The molecule has 0 aliphatic heterocycles. The molecule has 18 heavy (non-hydrogen) atoms. The number of nitrogen functional groups attached to an aromatic ring is 1. The number of aromatic nitrogens is 1. The number of hydrogen-bond acceptors (Lipinski definition) is 3. The van der Waals surface area contributed by atoms with Gasteiger partial charge in [0, 0.05) is 19.8 Å². The number of nitrogens with two attached hydrogens (primary N) is 1. The number of aryl methyl sites for hydroxylation is 1. The Kier molecular flexibility index (Phi) is 4.76. The van der Waals surface area contributed by atoms with Gasteiger partial charge in [-0.05, 0) is 19.4 Å². The fourth-order valence-corrected chi connectivity index (χ4v) is 1.70. The van der Waals surface area contributed by atoms with Crippen LogP contribution < -0.4 is 16.4 Å². The predicted molar refractivity (Wildman–Crippen MR) is 70.1 cm³/mol. The van der Waals surface area contributed by atoms with Crippen molar-refractivity contribution in [3.8, 4) is 0 Å². The fraction of sp³-hybridized carbons (Fsp3) is 0.500. The maximum Gasteiger partial charge on any atom is 0.268 e. The van der Waals surface area contributed by atoms with Gasteiger partial charge in [-0.2, -0.15) is 0 Å². The van der Waals surface area contributed by atoms with Crippen molar-refractivity contribution in [3.63, 3.8) is 0 Å². The van der Waals surface area contributed by atoms with Crippen LogP contribution in [0.15, 0.2) is 12.3 Å². The third-order valence-electron chi connectivity index (χ3n) is 2.60. The number of carbonyl (C=O) groups is 2. The lowest BCUT2D eigenvalue weighted by molar-refractivity contribution is -0.122. The van der Waals surface area contributed by atoms with E-state index in [1.54, 1.807) is 23.8 Å². The van der Waals surface area contributed by atoms with Crippen molar-refractivity contribution in [2.45, 2.75) is 32.9 Å². The van der Waals surface area contributed by atoms with Crippen LogP contribution in [0.25, 0.3) is 0 Å². The summed E-state index contributed by atoms with van der Waals surface area (Å²) in [4.78, 5) is 23.4. The minimum atomic E-state index is -0.575. The van der Waals surface area contributed by atoms with E-state index < -0.39 is 6.04 Å². The molecule has 0 bridgehead atoms. The van der Waals surface area contributed by atoms with Crippen molar-refractivity contribution in [2.24, 2.45) is 0 Å². The Morgan fingerprint density at radius 1 is 1.50 bits per heavy atom. The second-order valence-corrected chi connectivity index (χ2v) is 4.16. The van der Waals surface area contributed by atoms with Crippen LogP contribution in [0.2, 0.25) is 0 Å². The summed E-state index contributed by atoms with van der Waals surface area (Å²) >= 11 is 0. The lowest BCUT2D eigenvalue weighted by atomic mass is 10.3. The quantitative estimate of drug-likeness (QED) is 0.706. The molecule has 0 aliphatic carbocycles. The topological polar surface area (TPSA) is 89.2 Å². The molecular formula is C12H20N4O2. The van der Waals surface area contributed by atoms with Gasteiger partial charge in [-0.3, -0.25) is 9.59 Å². The van der Waals surface area contributed by atoms with Crippen molar-refractivity contribution >= 4 is 17.5 Å². The zero-order valence-corrected chi connectivity index (χ0v) is 11.0. The van der Waals surface area contributed by atoms with Gasteiger partial charge in [-0.15, -0.1) is 0 Å². The van der Waals surface area contributed by atoms with Crippen LogP contribution in [0.4, 0.5) is 5.69 Å². The second kappa shape index (κ2) is 6.09. The van der Waals surface area contributed by atoms with Gasteiger partial charge in [-0.25, -0.2) is 0 Å². The number of carbonyl (C=O) groups excluding carboxylic acids is 2. The first-order valence-electron chi connectivity index (χ1n) is 5.97. The number of hydrogen-bond donors (Lipinski definition) is 3. The van der Waals surface area contributed by atoms with Crippen molar-refractivity contribution < 1.29 is 9.59 Å². The van der Waals surface area contributed by atoms with Crippen molar-refractivity contribution in [3.05, 3.63) is 18.0 Å². The molecule has 1 atom stereocenters. The molecule has 6 heteroatoms. The van der Waals surface area contributed by atoms with Gasteiger partial charge in [0.05, 0.1) is 5.69 Å². The maximum absolute atomic E-state index is 12.0. The lowest BCUT2D eigenvalue weighted by Crippen LogP contribution is -2.44. The fourth-order valence-electron chi connectivity index (χ4n) is 1.70. The summed E-state index contributed by atoms with van der Waals surface area (Å²) in [5, 5.41) is 5.11. The monoisotopic (exact) mass is 252 g/mol. The molecule has 2 amide bonds. The normalized spacial score (nSPS) is 11.9. The highest BCUT2D eigenvalue weighted by Gasteiger charge is 2.18. The molecule has 1 heterocycles. The van der Waals surface area contributed by atoms with E-state index in [1.165, 1.54) is 7.05 Å². The Morgan fingerprint density at radius 3 is 2.72 bits per heavy atom. The molecular weight excluding hydrogens is 232 g/mol. The Balaban J connectivity index is 2.80. The molecule has 0 saturated carbocycles. The van der Waals surface area contributed by atoms with Gasteiger partial charge in [0.1, 0.15) is 11.7 Å². The molecule has 0 saturated heterocycles. The molecule has 1 unspecified atom stereocenters. The number of amides is 2. The standard InChI is InChI=1S/C12H20N4O2/c1-4-5-16-7-9(13)6-10(16)12(18)15-8(2)11(17)14-3/h6-8H,4-5,13H2,1-3H3,(H,14,17)(H,15,18). The Bertz CT molecular complexity index is 439. The van der Waals surface area contributed by atoms with Crippen molar-refractivity contribution in [1.29, 1.82) is 0 Å². The van der Waals surface area contributed by atoms with Crippen LogP contribution in [-0.4, -0.2) is 29.5 Å². The summed E-state index contributed by atoms with van der Waals surface area (Å²) in [5.41, 5.74) is 6.70. The Labute approximate surface area is 107 Å². The van der Waals surface area contributed by atoms with E-state index in [9.17, 15) is 9.59 Å². The van der Waals surface area contributed by atoms with E-state index in [4.69, 9.17) is 5.73 Å². The lowest BCUT2D eigenvalue weighted by Gasteiger charge is -2.13. The van der Waals surface area contributed by atoms with Gasteiger partial charge in [0.2, 0.25) is 5.91 Å². The highest BCUT2D eigenvalue weighted by atomic mass is 16.2.